The summed E-state index contributed by atoms with van der Waals surface area (Å²) in [7, 11) is 0. The van der Waals surface area contributed by atoms with Crippen molar-refractivity contribution < 1.29 is 22.7 Å². The average molecular weight is 243 g/mol. The Morgan fingerprint density at radius 1 is 1.47 bits per heavy atom. The van der Waals surface area contributed by atoms with Crippen molar-refractivity contribution in [1.29, 1.82) is 0 Å². The highest BCUT2D eigenvalue weighted by atomic mass is 19.4. The van der Waals surface area contributed by atoms with E-state index in [1.807, 2.05) is 0 Å². The lowest BCUT2D eigenvalue weighted by Crippen LogP contribution is -2.14. The predicted octanol–water partition coefficient (Wildman–Crippen LogP) is 2.89. The molecular weight excluding hydrogens is 235 g/mol. The zero-order chi connectivity index (χ0) is 12.9. The molecule has 1 rings (SSSR count). The molecule has 0 saturated heterocycles. The van der Waals surface area contributed by atoms with Gasteiger partial charge in [0, 0.05) is 5.69 Å². The summed E-state index contributed by atoms with van der Waals surface area (Å²) in [5.41, 5.74) is -0.867. The molecule has 0 saturated carbocycles. The molecule has 1 aromatic carbocycles. The zero-order valence-corrected chi connectivity index (χ0v) is 8.54. The fourth-order valence-electron chi connectivity index (χ4n) is 1.03. The van der Waals surface area contributed by atoms with Gasteiger partial charge in [0.25, 0.3) is 0 Å². The average Bonchev–Trinajstić information content (AvgIpc) is 2.25. The number of alkyl halides is 3. The number of ether oxygens (including phenoxy) is 1. The van der Waals surface area contributed by atoms with Crippen LogP contribution in [0.3, 0.4) is 0 Å². The Hall–Kier alpha value is -2.16. The van der Waals surface area contributed by atoms with Crippen LogP contribution in [0, 0.1) is 12.3 Å². The van der Waals surface area contributed by atoms with Gasteiger partial charge < -0.3 is 4.74 Å². The molecule has 0 unspecified atom stereocenters. The quantitative estimate of drug-likeness (QED) is 0.811. The van der Waals surface area contributed by atoms with Gasteiger partial charge in [-0.1, -0.05) is 12.0 Å². The second kappa shape index (κ2) is 5.25. The molecule has 1 N–H and O–H groups in total. The van der Waals surface area contributed by atoms with Crippen LogP contribution in [0.5, 0.6) is 0 Å². The maximum absolute atomic E-state index is 12.3. The number of nitrogens with one attached hydrogen (secondary N) is 1. The molecule has 90 valence electrons. The summed E-state index contributed by atoms with van der Waals surface area (Å²) in [5, 5.41) is 2.13. The topological polar surface area (TPSA) is 38.3 Å². The van der Waals surface area contributed by atoms with E-state index in [9.17, 15) is 18.0 Å². The van der Waals surface area contributed by atoms with E-state index in [1.165, 1.54) is 12.1 Å². The number of amides is 1. The Labute approximate surface area is 95.6 Å². The molecular formula is C11H8F3NO2. The highest BCUT2D eigenvalue weighted by Gasteiger charge is 2.30. The molecule has 0 spiro atoms. The van der Waals surface area contributed by atoms with E-state index in [1.54, 1.807) is 0 Å². The molecule has 1 aromatic rings. The number of carbonyl (C=O) groups is 1. The molecule has 17 heavy (non-hydrogen) atoms. The third-order valence-electron chi connectivity index (χ3n) is 1.72. The van der Waals surface area contributed by atoms with Crippen LogP contribution in [-0.4, -0.2) is 12.7 Å². The van der Waals surface area contributed by atoms with E-state index in [0.717, 1.165) is 12.1 Å². The van der Waals surface area contributed by atoms with E-state index in [-0.39, 0.29) is 12.3 Å². The molecule has 0 aliphatic rings. The van der Waals surface area contributed by atoms with Crippen molar-refractivity contribution in [2.75, 3.05) is 11.9 Å². The molecule has 0 aliphatic carbocycles. The summed E-state index contributed by atoms with van der Waals surface area (Å²) in [5.74, 6) is 2.06. The van der Waals surface area contributed by atoms with Gasteiger partial charge in [-0.15, -0.1) is 6.42 Å². The first-order chi connectivity index (χ1) is 7.93. The van der Waals surface area contributed by atoms with Crippen molar-refractivity contribution in [2.45, 2.75) is 6.18 Å². The van der Waals surface area contributed by atoms with Crippen molar-refractivity contribution in [3.8, 4) is 12.3 Å². The number of hydrogen-bond donors (Lipinski definition) is 1. The lowest BCUT2D eigenvalue weighted by atomic mass is 10.2. The Morgan fingerprint density at radius 2 is 2.18 bits per heavy atom. The fraction of sp³-hybridized carbons (Fsp3) is 0.182. The molecule has 6 heteroatoms. The van der Waals surface area contributed by atoms with Crippen LogP contribution in [0.25, 0.3) is 0 Å². The number of anilines is 1. The van der Waals surface area contributed by atoms with E-state index < -0.39 is 17.8 Å². The second-order valence-electron chi connectivity index (χ2n) is 2.98. The number of terminal acetylenes is 1. The fourth-order valence-corrected chi connectivity index (χ4v) is 1.03. The zero-order valence-electron chi connectivity index (χ0n) is 8.54. The van der Waals surface area contributed by atoms with Crippen LogP contribution in [0.4, 0.5) is 23.7 Å². The van der Waals surface area contributed by atoms with Crippen molar-refractivity contribution in [3.63, 3.8) is 0 Å². The lowest BCUT2D eigenvalue weighted by molar-refractivity contribution is -0.137. The predicted molar refractivity (Wildman–Crippen MR) is 55.2 cm³/mol. The molecule has 0 aromatic heterocycles. The molecule has 3 nitrogen and oxygen atoms in total. The van der Waals surface area contributed by atoms with Crippen LogP contribution < -0.4 is 5.32 Å². The molecule has 0 aliphatic heterocycles. The largest absolute Gasteiger partial charge is 0.436 e. The maximum atomic E-state index is 12.3. The lowest BCUT2D eigenvalue weighted by Gasteiger charge is -2.09. The van der Waals surface area contributed by atoms with Gasteiger partial charge in [0.1, 0.15) is 0 Å². The molecule has 1 amide bonds. The summed E-state index contributed by atoms with van der Waals surface area (Å²) in [6, 6.07) is 4.20. The van der Waals surface area contributed by atoms with Crippen LogP contribution in [0.2, 0.25) is 0 Å². The van der Waals surface area contributed by atoms with Gasteiger partial charge in [-0.3, -0.25) is 5.32 Å². The second-order valence-corrected chi connectivity index (χ2v) is 2.98. The van der Waals surface area contributed by atoms with Gasteiger partial charge in [-0.05, 0) is 18.2 Å². The van der Waals surface area contributed by atoms with Gasteiger partial charge in [0.15, 0.2) is 6.61 Å². The van der Waals surface area contributed by atoms with Crippen LogP contribution >= 0.6 is 0 Å². The standard InChI is InChI=1S/C11H8F3NO2/c1-2-6-17-10(16)15-9-5-3-4-8(7-9)11(12,13)14/h1,3-5,7H,6H2,(H,15,16). The smallest absolute Gasteiger partial charge is 0.416 e. The highest BCUT2D eigenvalue weighted by molar-refractivity contribution is 5.84. The molecule has 0 radical (unpaired) electrons. The van der Waals surface area contributed by atoms with Crippen LogP contribution in [0.1, 0.15) is 5.56 Å². The highest BCUT2D eigenvalue weighted by Crippen LogP contribution is 2.30. The molecule has 0 atom stereocenters. The first kappa shape index (κ1) is 12.9. The normalized spacial score (nSPS) is 10.5. The van der Waals surface area contributed by atoms with Crippen LogP contribution in [-0.2, 0) is 10.9 Å². The van der Waals surface area contributed by atoms with Gasteiger partial charge in [0.05, 0.1) is 5.56 Å². The number of hydrogen-bond acceptors (Lipinski definition) is 2. The van der Waals surface area contributed by atoms with Gasteiger partial charge in [0.2, 0.25) is 0 Å². The Bertz CT molecular complexity index is 449. The monoisotopic (exact) mass is 243 g/mol. The van der Waals surface area contributed by atoms with Crippen molar-refractivity contribution in [2.24, 2.45) is 0 Å². The number of halogens is 3. The Morgan fingerprint density at radius 3 is 2.76 bits per heavy atom. The third kappa shape index (κ3) is 4.07. The number of carbonyl (C=O) groups excluding carboxylic acids is 1. The third-order valence-corrected chi connectivity index (χ3v) is 1.72. The van der Waals surface area contributed by atoms with E-state index in [0.29, 0.717) is 0 Å². The molecule has 0 fully saturated rings. The van der Waals surface area contributed by atoms with Gasteiger partial charge >= 0.3 is 12.3 Å². The summed E-state index contributed by atoms with van der Waals surface area (Å²) in [6.45, 7) is -0.245. The van der Waals surface area contributed by atoms with E-state index >= 15 is 0 Å². The first-order valence-corrected chi connectivity index (χ1v) is 4.48. The summed E-state index contributed by atoms with van der Waals surface area (Å²) in [4.78, 5) is 11.0. The number of benzene rings is 1. The SMILES string of the molecule is C#CCOC(=O)Nc1cccc(C(F)(F)F)c1. The maximum Gasteiger partial charge on any atom is 0.416 e. The summed E-state index contributed by atoms with van der Waals surface area (Å²) >= 11 is 0. The van der Waals surface area contributed by atoms with E-state index in [4.69, 9.17) is 6.42 Å². The minimum atomic E-state index is -4.46. The van der Waals surface area contributed by atoms with Gasteiger partial charge in [-0.25, -0.2) is 4.79 Å². The van der Waals surface area contributed by atoms with Crippen molar-refractivity contribution in [3.05, 3.63) is 29.8 Å². The summed E-state index contributed by atoms with van der Waals surface area (Å²) < 4.78 is 41.5. The van der Waals surface area contributed by atoms with Gasteiger partial charge in [-0.2, -0.15) is 13.2 Å². The molecule has 0 heterocycles. The summed E-state index contributed by atoms with van der Waals surface area (Å²) in [6.07, 6.45) is -0.511. The van der Waals surface area contributed by atoms with Crippen molar-refractivity contribution >= 4 is 11.8 Å². The Balaban J connectivity index is 2.73. The minimum absolute atomic E-state index is 0.0122. The minimum Gasteiger partial charge on any atom is -0.436 e. The van der Waals surface area contributed by atoms with E-state index in [2.05, 4.69) is 16.0 Å². The first-order valence-electron chi connectivity index (χ1n) is 4.48. The Kier molecular flexibility index (Phi) is 3.99. The van der Waals surface area contributed by atoms with Crippen LogP contribution in [0.15, 0.2) is 24.3 Å². The van der Waals surface area contributed by atoms with Crippen molar-refractivity contribution in [1.82, 2.24) is 0 Å². The number of rotatable bonds is 2. The molecule has 0 bridgehead atoms.